The fourth-order valence-corrected chi connectivity index (χ4v) is 3.46. The molecule has 0 spiro atoms. The highest BCUT2D eigenvalue weighted by Gasteiger charge is 2.23. The highest BCUT2D eigenvalue weighted by atomic mass is 32.1. The maximum Gasteiger partial charge on any atom is 0.255 e. The Kier molecular flexibility index (Phi) is 5.03. The molecule has 7 nitrogen and oxygen atoms in total. The number of rotatable bonds is 6. The molecule has 1 aliphatic rings. The van der Waals surface area contributed by atoms with Gasteiger partial charge in [-0.3, -0.25) is 4.79 Å². The summed E-state index contributed by atoms with van der Waals surface area (Å²) in [6, 6.07) is 7.44. The molecule has 0 bridgehead atoms. The van der Waals surface area contributed by atoms with E-state index in [0.717, 1.165) is 30.0 Å². The Bertz CT molecular complexity index is 872. The summed E-state index contributed by atoms with van der Waals surface area (Å²) in [7, 11) is 0. The molecular formula is C18H18N4O3S. The first-order valence-corrected chi connectivity index (χ1v) is 9.40. The van der Waals surface area contributed by atoms with Gasteiger partial charge in [0.2, 0.25) is 0 Å². The van der Waals surface area contributed by atoms with E-state index < -0.39 is 0 Å². The Morgan fingerprint density at radius 2 is 2.35 bits per heavy atom. The number of ether oxygens (including phenoxy) is 1. The average Bonchev–Trinajstić information content (AvgIpc) is 3.43. The molecule has 1 aromatic carbocycles. The zero-order valence-electron chi connectivity index (χ0n) is 14.1. The number of amides is 1. The van der Waals surface area contributed by atoms with Crippen molar-refractivity contribution in [1.29, 1.82) is 0 Å². The second-order valence-corrected chi connectivity index (χ2v) is 6.87. The molecular weight excluding hydrogens is 352 g/mol. The van der Waals surface area contributed by atoms with Crippen LogP contribution in [0.3, 0.4) is 0 Å². The lowest BCUT2D eigenvalue weighted by atomic mass is 10.1. The highest BCUT2D eigenvalue weighted by Crippen LogP contribution is 2.27. The molecule has 1 saturated heterocycles. The summed E-state index contributed by atoms with van der Waals surface area (Å²) in [6.07, 6.45) is 4.10. The summed E-state index contributed by atoms with van der Waals surface area (Å²) in [4.78, 5) is 21.0. The van der Waals surface area contributed by atoms with Gasteiger partial charge >= 0.3 is 0 Å². The number of thiazole rings is 1. The van der Waals surface area contributed by atoms with Gasteiger partial charge in [-0.15, -0.1) is 11.3 Å². The van der Waals surface area contributed by atoms with Crippen LogP contribution in [0.4, 0.5) is 0 Å². The van der Waals surface area contributed by atoms with Gasteiger partial charge in [-0.1, -0.05) is 17.3 Å². The Morgan fingerprint density at radius 1 is 1.38 bits per heavy atom. The minimum atomic E-state index is -0.133. The number of hydrogen-bond acceptors (Lipinski definition) is 7. The quantitative estimate of drug-likeness (QED) is 0.717. The Hall–Kier alpha value is -2.58. The van der Waals surface area contributed by atoms with Crippen molar-refractivity contribution in [3.05, 3.63) is 53.1 Å². The minimum absolute atomic E-state index is 0.0838. The van der Waals surface area contributed by atoms with Crippen LogP contribution in [0.1, 0.15) is 41.0 Å². The molecule has 1 N–H and O–H groups in total. The van der Waals surface area contributed by atoms with Crippen LogP contribution in [0.2, 0.25) is 0 Å². The Balaban J connectivity index is 1.32. The van der Waals surface area contributed by atoms with E-state index in [2.05, 4.69) is 20.4 Å². The summed E-state index contributed by atoms with van der Waals surface area (Å²) in [5.74, 6) is 0.971. The molecule has 0 aliphatic carbocycles. The summed E-state index contributed by atoms with van der Waals surface area (Å²) >= 11 is 1.54. The highest BCUT2D eigenvalue weighted by molar-refractivity contribution is 7.13. The summed E-state index contributed by atoms with van der Waals surface area (Å²) < 4.78 is 10.8. The third kappa shape index (κ3) is 3.81. The molecule has 0 saturated carbocycles. The molecule has 2 aromatic heterocycles. The smallest absolute Gasteiger partial charge is 0.255 e. The fraction of sp³-hybridized carbons (Fsp3) is 0.333. The third-order valence-electron chi connectivity index (χ3n) is 4.13. The number of benzene rings is 1. The molecule has 8 heteroatoms. The Labute approximate surface area is 154 Å². The van der Waals surface area contributed by atoms with Gasteiger partial charge in [0.25, 0.3) is 11.8 Å². The van der Waals surface area contributed by atoms with Crippen molar-refractivity contribution in [2.75, 3.05) is 13.2 Å². The van der Waals surface area contributed by atoms with Gasteiger partial charge in [-0.25, -0.2) is 4.98 Å². The van der Waals surface area contributed by atoms with Gasteiger partial charge in [0.15, 0.2) is 5.82 Å². The lowest BCUT2D eigenvalue weighted by Gasteiger charge is -2.05. The zero-order chi connectivity index (χ0) is 17.8. The number of hydrogen-bond donors (Lipinski definition) is 1. The standard InChI is InChI=1S/C18H18N4O3S/c23-16(12-3-1-4-13(11-12)18-20-8-10-26-18)19-7-6-15-21-17(25-22-15)14-5-2-9-24-14/h1,3-4,8,10-11,14H,2,5-7,9H2,(H,19,23)/t14-/m0/s1. The van der Waals surface area contributed by atoms with E-state index in [1.165, 1.54) is 0 Å². The average molecular weight is 370 g/mol. The van der Waals surface area contributed by atoms with Crippen molar-refractivity contribution < 1.29 is 14.1 Å². The van der Waals surface area contributed by atoms with E-state index in [4.69, 9.17) is 9.26 Å². The van der Waals surface area contributed by atoms with Crippen molar-refractivity contribution in [2.45, 2.75) is 25.4 Å². The zero-order valence-corrected chi connectivity index (χ0v) is 14.9. The summed E-state index contributed by atoms with van der Waals surface area (Å²) in [5.41, 5.74) is 1.54. The summed E-state index contributed by atoms with van der Waals surface area (Å²) in [5, 5.41) is 9.65. The molecule has 1 amide bonds. The van der Waals surface area contributed by atoms with E-state index >= 15 is 0 Å². The lowest BCUT2D eigenvalue weighted by molar-refractivity contribution is 0.0835. The van der Waals surface area contributed by atoms with E-state index in [9.17, 15) is 4.79 Å². The molecule has 134 valence electrons. The number of nitrogens with one attached hydrogen (secondary N) is 1. The van der Waals surface area contributed by atoms with Gasteiger partial charge < -0.3 is 14.6 Å². The molecule has 3 heterocycles. The molecule has 3 aromatic rings. The SMILES string of the molecule is O=C(NCCc1noc([C@@H]2CCCO2)n1)c1cccc(-c2nccs2)c1. The second-order valence-electron chi connectivity index (χ2n) is 5.97. The van der Waals surface area contributed by atoms with Crippen molar-refractivity contribution in [3.8, 4) is 10.6 Å². The van der Waals surface area contributed by atoms with Crippen LogP contribution in [0.15, 0.2) is 40.4 Å². The van der Waals surface area contributed by atoms with Gasteiger partial charge in [0, 0.05) is 42.3 Å². The van der Waals surface area contributed by atoms with Crippen molar-refractivity contribution in [2.24, 2.45) is 0 Å². The number of aromatic nitrogens is 3. The maximum atomic E-state index is 12.4. The largest absolute Gasteiger partial charge is 0.368 e. The molecule has 1 aliphatic heterocycles. The fourth-order valence-electron chi connectivity index (χ4n) is 2.82. The molecule has 1 atom stereocenters. The first-order valence-electron chi connectivity index (χ1n) is 8.52. The van der Waals surface area contributed by atoms with Gasteiger partial charge in [0.1, 0.15) is 11.1 Å². The van der Waals surface area contributed by atoms with Gasteiger partial charge in [0.05, 0.1) is 0 Å². The van der Waals surface area contributed by atoms with Crippen molar-refractivity contribution in [3.63, 3.8) is 0 Å². The van der Waals surface area contributed by atoms with Crippen molar-refractivity contribution >= 4 is 17.2 Å². The minimum Gasteiger partial charge on any atom is -0.368 e. The predicted molar refractivity (Wildman–Crippen MR) is 95.8 cm³/mol. The molecule has 4 rings (SSSR count). The molecule has 0 radical (unpaired) electrons. The van der Waals surface area contributed by atoms with Gasteiger partial charge in [-0.05, 0) is 25.0 Å². The van der Waals surface area contributed by atoms with E-state index in [-0.39, 0.29) is 12.0 Å². The molecule has 0 unspecified atom stereocenters. The first-order chi connectivity index (χ1) is 12.8. The van der Waals surface area contributed by atoms with Crippen LogP contribution in [0.5, 0.6) is 0 Å². The first kappa shape index (κ1) is 16.9. The van der Waals surface area contributed by atoms with E-state index in [0.29, 0.717) is 30.2 Å². The topological polar surface area (TPSA) is 90.1 Å². The van der Waals surface area contributed by atoms with Gasteiger partial charge in [-0.2, -0.15) is 4.98 Å². The number of carbonyl (C=O) groups excluding carboxylic acids is 1. The van der Waals surface area contributed by atoms with E-state index in [1.807, 2.05) is 23.6 Å². The number of nitrogens with zero attached hydrogens (tertiary/aromatic N) is 3. The lowest BCUT2D eigenvalue weighted by Crippen LogP contribution is -2.26. The third-order valence-corrected chi connectivity index (χ3v) is 4.95. The maximum absolute atomic E-state index is 12.4. The van der Waals surface area contributed by atoms with Crippen LogP contribution >= 0.6 is 11.3 Å². The monoisotopic (exact) mass is 370 g/mol. The molecule has 1 fully saturated rings. The number of carbonyl (C=O) groups is 1. The Morgan fingerprint density at radius 3 is 3.15 bits per heavy atom. The predicted octanol–water partition coefficient (Wildman–Crippen LogP) is 3.02. The molecule has 26 heavy (non-hydrogen) atoms. The van der Waals surface area contributed by atoms with Crippen LogP contribution in [0, 0.1) is 0 Å². The van der Waals surface area contributed by atoms with Crippen LogP contribution in [0.25, 0.3) is 10.6 Å². The van der Waals surface area contributed by atoms with Crippen LogP contribution in [-0.2, 0) is 11.2 Å². The van der Waals surface area contributed by atoms with Crippen molar-refractivity contribution in [1.82, 2.24) is 20.4 Å². The van der Waals surface area contributed by atoms with Crippen LogP contribution < -0.4 is 5.32 Å². The van der Waals surface area contributed by atoms with Crippen LogP contribution in [-0.4, -0.2) is 34.2 Å². The summed E-state index contributed by atoms with van der Waals surface area (Å²) in [6.45, 7) is 1.17. The van der Waals surface area contributed by atoms with E-state index in [1.54, 1.807) is 23.6 Å². The second kappa shape index (κ2) is 7.76. The normalized spacial score (nSPS) is 16.7.